The van der Waals surface area contributed by atoms with Gasteiger partial charge in [0, 0.05) is 30.4 Å². The van der Waals surface area contributed by atoms with Crippen LogP contribution in [0.1, 0.15) is 50.7 Å². The molecule has 4 aromatic rings. The summed E-state index contributed by atoms with van der Waals surface area (Å²) >= 11 is 5.62. The quantitative estimate of drug-likeness (QED) is 0.204. The molecule has 4 N–H and O–H groups in total. The number of nitrogens with one attached hydrogen (secondary N) is 2. The fraction of sp³-hybridized carbons (Fsp3) is 0.138. The molecule has 3 heterocycles. The van der Waals surface area contributed by atoms with E-state index in [2.05, 4.69) is 15.6 Å². The molecule has 0 spiro atoms. The van der Waals surface area contributed by atoms with E-state index in [9.17, 15) is 29.0 Å². The van der Waals surface area contributed by atoms with Gasteiger partial charge >= 0.3 is 11.9 Å². The van der Waals surface area contributed by atoms with E-state index in [1.807, 2.05) is 12.1 Å². The molecule has 0 bridgehead atoms. The number of hydrogen-bond donors (Lipinski definition) is 4. The van der Waals surface area contributed by atoms with Crippen molar-refractivity contribution in [3.05, 3.63) is 107 Å². The van der Waals surface area contributed by atoms with Crippen LogP contribution in [0.4, 0.5) is 10.1 Å². The number of carboxylic acid groups (broad SMARTS) is 2. The van der Waals surface area contributed by atoms with Crippen LogP contribution in [0, 0.1) is 5.82 Å². The zero-order valence-electron chi connectivity index (χ0n) is 21.3. The van der Waals surface area contributed by atoms with E-state index in [0.717, 1.165) is 6.07 Å². The number of anilines is 1. The Morgan fingerprint density at radius 3 is 2.34 bits per heavy atom. The Kier molecular flexibility index (Phi) is 7.74. The summed E-state index contributed by atoms with van der Waals surface area (Å²) in [7, 11) is 0. The number of carboxylic acids is 2. The van der Waals surface area contributed by atoms with Gasteiger partial charge in [0.2, 0.25) is 5.91 Å². The van der Waals surface area contributed by atoms with Crippen molar-refractivity contribution in [2.24, 2.45) is 0 Å². The maximum Gasteiger partial charge on any atom is 0.335 e. The van der Waals surface area contributed by atoms with Crippen LogP contribution in [-0.2, 0) is 4.79 Å². The van der Waals surface area contributed by atoms with Crippen molar-refractivity contribution in [3.63, 3.8) is 0 Å². The van der Waals surface area contributed by atoms with Gasteiger partial charge in [-0.1, -0.05) is 6.07 Å². The van der Waals surface area contributed by atoms with Crippen molar-refractivity contribution in [1.29, 1.82) is 0 Å². The molecule has 12 heteroatoms. The molecule has 2 aromatic carbocycles. The average molecular weight is 575 g/mol. The molecule has 2 atom stereocenters. The predicted molar refractivity (Wildman–Crippen MR) is 150 cm³/mol. The number of nitrogens with zero attached hydrogens (tertiary/aromatic N) is 2. The maximum atomic E-state index is 13.2. The lowest BCUT2D eigenvalue weighted by atomic mass is 10.0. The van der Waals surface area contributed by atoms with Gasteiger partial charge in [0.15, 0.2) is 5.11 Å². The third kappa shape index (κ3) is 6.07. The summed E-state index contributed by atoms with van der Waals surface area (Å²) in [6.45, 7) is 0.209. The van der Waals surface area contributed by atoms with Gasteiger partial charge in [0.25, 0.3) is 0 Å². The van der Waals surface area contributed by atoms with Gasteiger partial charge < -0.3 is 30.2 Å². The van der Waals surface area contributed by atoms with Crippen molar-refractivity contribution in [1.82, 2.24) is 15.2 Å². The standard InChI is InChI=1S/C29H23FN4O6S/c30-19-4-6-20(7-5-19)32-24(35)10-12-34-26(25(33-29(34)41)21-3-1-2-11-31-21)23-9-8-22(40-23)16-13-17(27(36)37)15-18(14-16)28(38)39/h1-9,11,13-15,25-26H,10,12H2,(H,32,35)(H,33,41)(H,36,37)(H,38,39)/t25-,26+/m0/s1. The molecule has 0 unspecified atom stereocenters. The first-order valence-electron chi connectivity index (χ1n) is 12.4. The summed E-state index contributed by atoms with van der Waals surface area (Å²) in [5.74, 6) is -2.55. The Morgan fingerprint density at radius 2 is 1.71 bits per heavy atom. The van der Waals surface area contributed by atoms with E-state index in [4.69, 9.17) is 16.6 Å². The molecule has 1 saturated heterocycles. The van der Waals surface area contributed by atoms with Crippen LogP contribution in [0.15, 0.2) is 83.4 Å². The van der Waals surface area contributed by atoms with Crippen LogP contribution in [0.25, 0.3) is 11.3 Å². The number of carbonyl (C=O) groups excluding carboxylic acids is 1. The Morgan fingerprint density at radius 1 is 1.00 bits per heavy atom. The molecule has 208 valence electrons. The average Bonchev–Trinajstić information content (AvgIpc) is 3.58. The highest BCUT2D eigenvalue weighted by atomic mass is 32.1. The first-order valence-corrected chi connectivity index (χ1v) is 12.9. The predicted octanol–water partition coefficient (Wildman–Crippen LogP) is 4.88. The molecule has 1 aliphatic rings. The Bertz CT molecular complexity index is 1590. The van der Waals surface area contributed by atoms with Crippen LogP contribution in [0.2, 0.25) is 0 Å². The summed E-state index contributed by atoms with van der Waals surface area (Å²) in [4.78, 5) is 42.2. The third-order valence-electron chi connectivity index (χ3n) is 6.54. The summed E-state index contributed by atoms with van der Waals surface area (Å²) in [5, 5.41) is 25.3. The zero-order chi connectivity index (χ0) is 29.1. The minimum absolute atomic E-state index is 0.0564. The summed E-state index contributed by atoms with van der Waals surface area (Å²) < 4.78 is 19.4. The number of halogens is 1. The van der Waals surface area contributed by atoms with Crippen LogP contribution in [0.3, 0.4) is 0 Å². The van der Waals surface area contributed by atoms with Crippen LogP contribution >= 0.6 is 12.2 Å². The van der Waals surface area contributed by atoms with Crippen LogP contribution < -0.4 is 10.6 Å². The van der Waals surface area contributed by atoms with Crippen molar-refractivity contribution in [3.8, 4) is 11.3 Å². The second kappa shape index (κ2) is 11.6. The lowest BCUT2D eigenvalue weighted by Gasteiger charge is -2.25. The monoisotopic (exact) mass is 574 g/mol. The summed E-state index contributed by atoms with van der Waals surface area (Å²) in [6.07, 6.45) is 1.70. The number of aromatic nitrogens is 1. The molecule has 10 nitrogen and oxygen atoms in total. The minimum Gasteiger partial charge on any atom is -0.478 e. The topological polar surface area (TPSA) is 145 Å². The first kappa shape index (κ1) is 27.5. The molecular weight excluding hydrogens is 551 g/mol. The second-order valence-corrected chi connectivity index (χ2v) is 9.62. The molecule has 0 radical (unpaired) electrons. The maximum absolute atomic E-state index is 13.2. The highest BCUT2D eigenvalue weighted by molar-refractivity contribution is 7.80. The van der Waals surface area contributed by atoms with Gasteiger partial charge in [0.05, 0.1) is 22.9 Å². The second-order valence-electron chi connectivity index (χ2n) is 9.24. The first-order chi connectivity index (χ1) is 19.7. The van der Waals surface area contributed by atoms with Gasteiger partial charge in [-0.15, -0.1) is 0 Å². The van der Waals surface area contributed by atoms with Crippen LogP contribution in [-0.4, -0.2) is 49.6 Å². The minimum atomic E-state index is -1.27. The fourth-order valence-electron chi connectivity index (χ4n) is 4.62. The van der Waals surface area contributed by atoms with Crippen molar-refractivity contribution in [2.45, 2.75) is 18.5 Å². The highest BCUT2D eigenvalue weighted by Gasteiger charge is 2.41. The number of amides is 1. The number of carbonyl (C=O) groups is 3. The van der Waals surface area contributed by atoms with E-state index >= 15 is 0 Å². The normalized spacial score (nSPS) is 16.3. The molecule has 5 rings (SSSR count). The number of pyridine rings is 1. The molecule has 41 heavy (non-hydrogen) atoms. The summed E-state index contributed by atoms with van der Waals surface area (Å²) in [6, 6.07) is 17.0. The lowest BCUT2D eigenvalue weighted by Crippen LogP contribution is -2.32. The van der Waals surface area contributed by atoms with Crippen molar-refractivity contribution in [2.75, 3.05) is 11.9 Å². The third-order valence-corrected chi connectivity index (χ3v) is 6.89. The van der Waals surface area contributed by atoms with Gasteiger partial charge in [-0.05, 0) is 78.9 Å². The SMILES string of the molecule is O=C(CCN1C(=S)N[C@@H](c2ccccn2)[C@H]1c1ccc(-c2cc(C(=O)O)cc(C(=O)O)c2)o1)Nc1ccc(F)cc1. The number of hydrogen-bond acceptors (Lipinski definition) is 6. The van der Waals surface area contributed by atoms with Gasteiger partial charge in [-0.2, -0.15) is 0 Å². The molecule has 1 amide bonds. The molecule has 1 aliphatic heterocycles. The molecule has 2 aromatic heterocycles. The largest absolute Gasteiger partial charge is 0.478 e. The number of thiocarbonyl (C=S) groups is 1. The van der Waals surface area contributed by atoms with Gasteiger partial charge in [0.1, 0.15) is 23.4 Å². The van der Waals surface area contributed by atoms with E-state index in [1.54, 1.807) is 29.3 Å². The molecular formula is C29H23FN4O6S. The van der Waals surface area contributed by atoms with Gasteiger partial charge in [-0.25, -0.2) is 14.0 Å². The molecule has 0 saturated carbocycles. The van der Waals surface area contributed by atoms with Crippen molar-refractivity contribution >= 4 is 40.9 Å². The number of benzene rings is 2. The fourth-order valence-corrected chi connectivity index (χ4v) is 4.95. The smallest absolute Gasteiger partial charge is 0.335 e. The number of aromatic carboxylic acids is 2. The number of rotatable bonds is 9. The number of furan rings is 1. The van der Waals surface area contributed by atoms with Crippen LogP contribution in [0.5, 0.6) is 0 Å². The lowest BCUT2D eigenvalue weighted by molar-refractivity contribution is -0.116. The zero-order valence-corrected chi connectivity index (χ0v) is 22.1. The Hall–Kier alpha value is -5.10. The summed E-state index contributed by atoms with van der Waals surface area (Å²) in [5.41, 5.74) is 1.03. The molecule has 1 fully saturated rings. The Balaban J connectivity index is 1.44. The van der Waals surface area contributed by atoms with Gasteiger partial charge in [-0.3, -0.25) is 9.78 Å². The van der Waals surface area contributed by atoms with Crippen molar-refractivity contribution < 1.29 is 33.4 Å². The van der Waals surface area contributed by atoms with E-state index < -0.39 is 29.8 Å². The molecule has 0 aliphatic carbocycles. The van der Waals surface area contributed by atoms with E-state index in [0.29, 0.717) is 22.3 Å². The van der Waals surface area contributed by atoms with E-state index in [-0.39, 0.29) is 41.3 Å². The van der Waals surface area contributed by atoms with E-state index in [1.165, 1.54) is 36.4 Å². The highest BCUT2D eigenvalue weighted by Crippen LogP contribution is 2.40. The Labute approximate surface area is 238 Å².